The van der Waals surface area contributed by atoms with E-state index in [0.29, 0.717) is 12.8 Å². The van der Waals surface area contributed by atoms with Crippen molar-refractivity contribution in [2.24, 2.45) is 0 Å². The van der Waals surface area contributed by atoms with E-state index >= 15 is 0 Å². The second-order valence-electron chi connectivity index (χ2n) is 11.8. The SMILES string of the molecule is CCCC/C=C\CCCCCCCC(=O)OC(CCCCCCCCCC)CCCCCCCC(=O)NCC(=O)O. The highest BCUT2D eigenvalue weighted by Gasteiger charge is 2.14. The minimum Gasteiger partial charge on any atom is -0.480 e. The molecule has 0 aromatic carbocycles. The molecule has 6 heteroatoms. The number of nitrogens with one attached hydrogen (secondary N) is 1. The van der Waals surface area contributed by atoms with Crippen LogP contribution in [-0.4, -0.2) is 35.6 Å². The third-order valence-corrected chi connectivity index (χ3v) is 7.69. The molecule has 0 spiro atoms. The molecule has 0 aliphatic carbocycles. The van der Waals surface area contributed by atoms with Gasteiger partial charge in [-0.1, -0.05) is 122 Å². The lowest BCUT2D eigenvalue weighted by Crippen LogP contribution is -2.28. The van der Waals surface area contributed by atoms with Crippen LogP contribution in [-0.2, 0) is 19.1 Å². The first-order chi connectivity index (χ1) is 20.0. The van der Waals surface area contributed by atoms with E-state index in [1.165, 1.54) is 89.9 Å². The van der Waals surface area contributed by atoms with Crippen LogP contribution in [0.15, 0.2) is 12.2 Å². The molecule has 0 heterocycles. The fourth-order valence-electron chi connectivity index (χ4n) is 5.08. The molecular weight excluding hydrogens is 514 g/mol. The third kappa shape index (κ3) is 30.9. The lowest BCUT2D eigenvalue weighted by molar-refractivity contribution is -0.150. The number of esters is 1. The van der Waals surface area contributed by atoms with Gasteiger partial charge in [0.25, 0.3) is 0 Å². The number of carbonyl (C=O) groups excluding carboxylic acids is 2. The summed E-state index contributed by atoms with van der Waals surface area (Å²) in [6.07, 6.45) is 33.2. The number of unbranched alkanes of at least 4 members (excludes halogenated alkanes) is 18. The predicted molar refractivity (Wildman–Crippen MR) is 171 cm³/mol. The molecule has 0 aliphatic rings. The van der Waals surface area contributed by atoms with E-state index in [1.54, 1.807) is 0 Å². The quantitative estimate of drug-likeness (QED) is 0.0484. The fourth-order valence-corrected chi connectivity index (χ4v) is 5.08. The maximum atomic E-state index is 12.6. The van der Waals surface area contributed by atoms with E-state index in [4.69, 9.17) is 9.84 Å². The van der Waals surface area contributed by atoms with Crippen LogP contribution >= 0.6 is 0 Å². The molecule has 0 aromatic heterocycles. The molecule has 0 saturated heterocycles. The summed E-state index contributed by atoms with van der Waals surface area (Å²) in [5, 5.41) is 11.0. The summed E-state index contributed by atoms with van der Waals surface area (Å²) < 4.78 is 5.96. The Hall–Kier alpha value is -1.85. The van der Waals surface area contributed by atoms with Crippen LogP contribution in [0.3, 0.4) is 0 Å². The summed E-state index contributed by atoms with van der Waals surface area (Å²) in [5.41, 5.74) is 0. The maximum Gasteiger partial charge on any atom is 0.322 e. The van der Waals surface area contributed by atoms with Crippen LogP contribution in [0.5, 0.6) is 0 Å². The first kappa shape index (κ1) is 39.1. The lowest BCUT2D eigenvalue weighted by atomic mass is 10.0. The zero-order valence-electron chi connectivity index (χ0n) is 26.9. The van der Waals surface area contributed by atoms with Gasteiger partial charge in [-0.2, -0.15) is 0 Å². The summed E-state index contributed by atoms with van der Waals surface area (Å²) in [5.74, 6) is -1.24. The fraction of sp³-hybridized carbons (Fsp3) is 0.857. The molecular formula is C35H65NO5. The van der Waals surface area contributed by atoms with Gasteiger partial charge in [0.2, 0.25) is 5.91 Å². The highest BCUT2D eigenvalue weighted by atomic mass is 16.5. The van der Waals surface area contributed by atoms with Crippen LogP contribution < -0.4 is 5.32 Å². The van der Waals surface area contributed by atoms with Gasteiger partial charge in [0.15, 0.2) is 0 Å². The smallest absolute Gasteiger partial charge is 0.322 e. The molecule has 1 amide bonds. The molecule has 1 atom stereocenters. The Labute approximate surface area is 252 Å². The van der Waals surface area contributed by atoms with Gasteiger partial charge < -0.3 is 15.2 Å². The first-order valence-corrected chi connectivity index (χ1v) is 17.3. The molecule has 0 radical (unpaired) electrons. The molecule has 0 bridgehead atoms. The van der Waals surface area contributed by atoms with Crippen molar-refractivity contribution in [3.63, 3.8) is 0 Å². The largest absolute Gasteiger partial charge is 0.480 e. The number of rotatable bonds is 31. The van der Waals surface area contributed by atoms with Gasteiger partial charge in [-0.25, -0.2) is 0 Å². The van der Waals surface area contributed by atoms with Gasteiger partial charge in [0.05, 0.1) is 0 Å². The number of carboxylic acids is 1. The van der Waals surface area contributed by atoms with Gasteiger partial charge in [0, 0.05) is 12.8 Å². The second kappa shape index (κ2) is 31.1. The van der Waals surface area contributed by atoms with Gasteiger partial charge in [-0.05, 0) is 57.8 Å². The van der Waals surface area contributed by atoms with Crippen molar-refractivity contribution in [3.8, 4) is 0 Å². The maximum absolute atomic E-state index is 12.6. The van der Waals surface area contributed by atoms with Crippen molar-refractivity contribution < 1.29 is 24.2 Å². The molecule has 0 rings (SSSR count). The number of carbonyl (C=O) groups is 3. The predicted octanol–water partition coefficient (Wildman–Crippen LogP) is 9.84. The normalized spacial score (nSPS) is 12.0. The summed E-state index contributed by atoms with van der Waals surface area (Å²) in [6, 6.07) is 0. The Kier molecular flexibility index (Phi) is 29.7. The van der Waals surface area contributed by atoms with Crippen LogP contribution in [0.4, 0.5) is 0 Å². The number of ether oxygens (including phenoxy) is 1. The van der Waals surface area contributed by atoms with E-state index in [-0.39, 0.29) is 24.5 Å². The molecule has 0 aromatic rings. The van der Waals surface area contributed by atoms with Crippen molar-refractivity contribution in [1.29, 1.82) is 0 Å². The number of aliphatic carboxylic acids is 1. The molecule has 0 aliphatic heterocycles. The Balaban J connectivity index is 4.14. The molecule has 1 unspecified atom stereocenters. The Morgan fingerprint density at radius 1 is 0.610 bits per heavy atom. The second-order valence-corrected chi connectivity index (χ2v) is 11.8. The van der Waals surface area contributed by atoms with E-state index < -0.39 is 5.97 Å². The number of hydrogen-bond acceptors (Lipinski definition) is 4. The van der Waals surface area contributed by atoms with Crippen LogP contribution in [0.25, 0.3) is 0 Å². The van der Waals surface area contributed by atoms with E-state index in [9.17, 15) is 14.4 Å². The van der Waals surface area contributed by atoms with Gasteiger partial charge in [0.1, 0.15) is 12.6 Å². The average Bonchev–Trinajstić information content (AvgIpc) is 2.95. The number of allylic oxidation sites excluding steroid dienone is 2. The molecule has 0 saturated carbocycles. The van der Waals surface area contributed by atoms with E-state index in [2.05, 4.69) is 31.3 Å². The summed E-state index contributed by atoms with van der Waals surface area (Å²) >= 11 is 0. The standard InChI is InChI=1S/C35H65NO5/c1-3-5-7-9-11-13-14-15-17-22-26-30-35(40)41-32(27-23-19-16-12-10-8-6-4-2)28-24-20-18-21-25-29-33(37)36-31-34(38)39/h9,11,32H,3-8,10,12-31H2,1-2H3,(H,36,37)(H,38,39)/b11-9-. The highest BCUT2D eigenvalue weighted by Crippen LogP contribution is 2.18. The first-order valence-electron chi connectivity index (χ1n) is 17.3. The Morgan fingerprint density at radius 3 is 1.63 bits per heavy atom. The monoisotopic (exact) mass is 579 g/mol. The molecule has 240 valence electrons. The van der Waals surface area contributed by atoms with Gasteiger partial charge >= 0.3 is 11.9 Å². The number of amides is 1. The van der Waals surface area contributed by atoms with Crippen LogP contribution in [0.1, 0.15) is 181 Å². The third-order valence-electron chi connectivity index (χ3n) is 7.69. The van der Waals surface area contributed by atoms with Crippen LogP contribution in [0, 0.1) is 0 Å². The number of carboxylic acid groups (broad SMARTS) is 1. The molecule has 0 fully saturated rings. The van der Waals surface area contributed by atoms with Crippen molar-refractivity contribution in [2.45, 2.75) is 187 Å². The van der Waals surface area contributed by atoms with Crippen LogP contribution in [0.2, 0.25) is 0 Å². The Morgan fingerprint density at radius 2 is 1.07 bits per heavy atom. The number of hydrogen-bond donors (Lipinski definition) is 2. The average molecular weight is 580 g/mol. The lowest BCUT2D eigenvalue weighted by Gasteiger charge is -2.18. The topological polar surface area (TPSA) is 92.7 Å². The molecule has 6 nitrogen and oxygen atoms in total. The van der Waals surface area contributed by atoms with Crippen molar-refractivity contribution in [3.05, 3.63) is 12.2 Å². The van der Waals surface area contributed by atoms with Crippen molar-refractivity contribution in [1.82, 2.24) is 5.32 Å². The van der Waals surface area contributed by atoms with Gasteiger partial charge in [-0.15, -0.1) is 0 Å². The highest BCUT2D eigenvalue weighted by molar-refractivity contribution is 5.80. The summed E-state index contributed by atoms with van der Waals surface area (Å²) in [7, 11) is 0. The van der Waals surface area contributed by atoms with Gasteiger partial charge in [-0.3, -0.25) is 14.4 Å². The zero-order valence-corrected chi connectivity index (χ0v) is 26.9. The zero-order chi connectivity index (χ0) is 30.2. The summed E-state index contributed by atoms with van der Waals surface area (Å²) in [4.78, 5) is 34.7. The van der Waals surface area contributed by atoms with E-state index in [0.717, 1.165) is 64.2 Å². The molecule has 2 N–H and O–H groups in total. The van der Waals surface area contributed by atoms with Crippen molar-refractivity contribution in [2.75, 3.05) is 6.54 Å². The summed E-state index contributed by atoms with van der Waals surface area (Å²) in [6.45, 7) is 4.17. The van der Waals surface area contributed by atoms with E-state index in [1.807, 2.05) is 0 Å². The van der Waals surface area contributed by atoms with Crippen molar-refractivity contribution >= 4 is 17.8 Å². The molecule has 41 heavy (non-hydrogen) atoms. The Bertz CT molecular complexity index is 648. The minimum absolute atomic E-state index is 0.0270. The minimum atomic E-state index is -1.02.